The van der Waals surface area contributed by atoms with Gasteiger partial charge in [0.05, 0.1) is 15.8 Å². The Hall–Kier alpha value is -1.58. The molecule has 92 valence electrons. The molecule has 5 heteroatoms. The monoisotopic (exact) mass is 279 g/mol. The van der Waals surface area contributed by atoms with E-state index in [1.165, 1.54) is 6.20 Å². The van der Waals surface area contributed by atoms with Crippen LogP contribution in [0.15, 0.2) is 47.7 Å². The van der Waals surface area contributed by atoms with Gasteiger partial charge in [0.1, 0.15) is 0 Å². The lowest BCUT2D eigenvalue weighted by Gasteiger charge is -2.04. The summed E-state index contributed by atoms with van der Waals surface area (Å²) in [6.07, 6.45) is 1.52. The van der Waals surface area contributed by atoms with Gasteiger partial charge in [0.25, 0.3) is 0 Å². The molecule has 0 aliphatic heterocycles. The van der Waals surface area contributed by atoms with Gasteiger partial charge in [-0.25, -0.2) is 4.98 Å². The number of anilines is 1. The molecule has 2 aromatic rings. The van der Waals surface area contributed by atoms with Gasteiger partial charge in [0, 0.05) is 6.20 Å². The Kier molecular flexibility index (Phi) is 4.18. The zero-order valence-electron chi connectivity index (χ0n) is 9.69. The first kappa shape index (κ1) is 12.9. The molecule has 0 saturated heterocycles. The van der Waals surface area contributed by atoms with Crippen LogP contribution in [-0.2, 0) is 0 Å². The second kappa shape index (κ2) is 5.85. The van der Waals surface area contributed by atoms with E-state index in [2.05, 4.69) is 15.5 Å². The summed E-state index contributed by atoms with van der Waals surface area (Å²) in [5.74, 6) is 0.483. The van der Waals surface area contributed by atoms with Crippen LogP contribution in [0.3, 0.4) is 0 Å². The van der Waals surface area contributed by atoms with Gasteiger partial charge < -0.3 is 0 Å². The second-order valence-corrected chi connectivity index (χ2v) is 4.50. The maximum Gasteiger partial charge on any atom is 0.165 e. The summed E-state index contributed by atoms with van der Waals surface area (Å²) in [7, 11) is 0. The highest BCUT2D eigenvalue weighted by Gasteiger charge is 2.02. The SMILES string of the molecule is C/C(=N/Nc1ncc(Cl)cc1Cl)c1ccccc1. The second-order valence-electron chi connectivity index (χ2n) is 3.66. The smallest absolute Gasteiger partial charge is 0.165 e. The summed E-state index contributed by atoms with van der Waals surface area (Å²) in [5.41, 5.74) is 4.71. The number of halogens is 2. The van der Waals surface area contributed by atoms with Crippen LogP contribution in [0.2, 0.25) is 10.0 Å². The minimum absolute atomic E-state index is 0.437. The Morgan fingerprint density at radius 3 is 2.61 bits per heavy atom. The average Bonchev–Trinajstić information content (AvgIpc) is 2.38. The Morgan fingerprint density at radius 1 is 1.22 bits per heavy atom. The molecule has 3 nitrogen and oxygen atoms in total. The summed E-state index contributed by atoms with van der Waals surface area (Å²) in [5, 5.41) is 5.16. The first-order chi connectivity index (χ1) is 8.66. The Morgan fingerprint density at radius 2 is 1.94 bits per heavy atom. The molecule has 0 atom stereocenters. The molecule has 1 aromatic carbocycles. The maximum absolute atomic E-state index is 5.98. The molecule has 0 unspecified atom stereocenters. The van der Waals surface area contributed by atoms with E-state index in [4.69, 9.17) is 23.2 Å². The molecular weight excluding hydrogens is 269 g/mol. The van der Waals surface area contributed by atoms with Crippen LogP contribution >= 0.6 is 23.2 Å². The fourth-order valence-corrected chi connectivity index (χ4v) is 1.80. The van der Waals surface area contributed by atoms with Gasteiger partial charge in [-0.15, -0.1) is 0 Å². The quantitative estimate of drug-likeness (QED) is 0.675. The highest BCUT2D eigenvalue weighted by Crippen LogP contribution is 2.22. The van der Waals surface area contributed by atoms with Crippen LogP contribution in [-0.4, -0.2) is 10.7 Å². The van der Waals surface area contributed by atoms with Crippen molar-refractivity contribution in [3.05, 3.63) is 58.2 Å². The first-order valence-electron chi connectivity index (χ1n) is 5.33. The summed E-state index contributed by atoms with van der Waals surface area (Å²) in [6.45, 7) is 1.91. The van der Waals surface area contributed by atoms with Crippen LogP contribution in [0.1, 0.15) is 12.5 Å². The van der Waals surface area contributed by atoms with E-state index in [0.29, 0.717) is 15.9 Å². The van der Waals surface area contributed by atoms with Crippen LogP contribution in [0.25, 0.3) is 0 Å². The largest absolute Gasteiger partial charge is 0.260 e. The molecule has 0 fully saturated rings. The molecule has 0 bridgehead atoms. The van der Waals surface area contributed by atoms with Crippen molar-refractivity contribution < 1.29 is 0 Å². The number of benzene rings is 1. The van der Waals surface area contributed by atoms with Crippen molar-refractivity contribution in [3.63, 3.8) is 0 Å². The minimum atomic E-state index is 0.437. The molecule has 1 N–H and O–H groups in total. The molecule has 2 rings (SSSR count). The van der Waals surface area contributed by atoms with Gasteiger partial charge in [0.2, 0.25) is 0 Å². The summed E-state index contributed by atoms with van der Waals surface area (Å²) in [4.78, 5) is 4.06. The van der Waals surface area contributed by atoms with Crippen molar-refractivity contribution >= 4 is 34.7 Å². The summed E-state index contributed by atoms with van der Waals surface area (Å²) >= 11 is 11.7. The van der Waals surface area contributed by atoms with Crippen LogP contribution in [0.4, 0.5) is 5.82 Å². The fourth-order valence-electron chi connectivity index (χ4n) is 1.38. The third-order valence-corrected chi connectivity index (χ3v) is 2.82. The standard InChI is InChI=1S/C13H11Cl2N3/c1-9(10-5-3-2-4-6-10)17-18-13-12(15)7-11(14)8-16-13/h2-8H,1H3,(H,16,18)/b17-9-. The lowest BCUT2D eigenvalue weighted by atomic mass is 10.1. The Balaban J connectivity index is 2.15. The van der Waals surface area contributed by atoms with Crippen LogP contribution in [0.5, 0.6) is 0 Å². The number of pyridine rings is 1. The van der Waals surface area contributed by atoms with E-state index in [1.807, 2.05) is 37.3 Å². The first-order valence-corrected chi connectivity index (χ1v) is 6.09. The highest BCUT2D eigenvalue weighted by molar-refractivity contribution is 6.35. The van der Waals surface area contributed by atoms with E-state index >= 15 is 0 Å². The molecule has 0 radical (unpaired) electrons. The zero-order valence-corrected chi connectivity index (χ0v) is 11.2. The number of hydrazone groups is 1. The van der Waals surface area contributed by atoms with Crippen molar-refractivity contribution in [2.45, 2.75) is 6.92 Å². The number of hydrogen-bond acceptors (Lipinski definition) is 3. The van der Waals surface area contributed by atoms with E-state index in [-0.39, 0.29) is 0 Å². The molecule has 0 saturated carbocycles. The highest BCUT2D eigenvalue weighted by atomic mass is 35.5. The van der Waals surface area contributed by atoms with Crippen molar-refractivity contribution in [1.29, 1.82) is 0 Å². The number of rotatable bonds is 3. The van der Waals surface area contributed by atoms with Gasteiger partial charge in [-0.05, 0) is 18.6 Å². The summed E-state index contributed by atoms with van der Waals surface area (Å²) in [6, 6.07) is 11.5. The molecule has 18 heavy (non-hydrogen) atoms. The zero-order chi connectivity index (χ0) is 13.0. The van der Waals surface area contributed by atoms with Crippen LogP contribution in [0, 0.1) is 0 Å². The number of hydrogen-bond donors (Lipinski definition) is 1. The molecule has 0 spiro atoms. The topological polar surface area (TPSA) is 37.3 Å². The Labute approximate surface area is 115 Å². The number of aromatic nitrogens is 1. The number of nitrogens with zero attached hydrogens (tertiary/aromatic N) is 2. The molecule has 0 amide bonds. The molecule has 1 heterocycles. The van der Waals surface area contributed by atoms with Crippen molar-refractivity contribution in [3.8, 4) is 0 Å². The molecule has 0 aliphatic carbocycles. The predicted molar refractivity (Wildman–Crippen MR) is 76.5 cm³/mol. The van der Waals surface area contributed by atoms with Gasteiger partial charge in [-0.3, -0.25) is 5.43 Å². The van der Waals surface area contributed by atoms with Gasteiger partial charge in [0.15, 0.2) is 5.82 Å². The third kappa shape index (κ3) is 3.22. The van der Waals surface area contributed by atoms with E-state index in [9.17, 15) is 0 Å². The van der Waals surface area contributed by atoms with Crippen molar-refractivity contribution in [2.24, 2.45) is 5.10 Å². The molecule has 0 aliphatic rings. The third-order valence-electron chi connectivity index (χ3n) is 2.33. The van der Waals surface area contributed by atoms with E-state index in [1.54, 1.807) is 6.07 Å². The van der Waals surface area contributed by atoms with Crippen molar-refractivity contribution in [1.82, 2.24) is 4.98 Å². The molecular formula is C13H11Cl2N3. The fraction of sp³-hybridized carbons (Fsp3) is 0.0769. The predicted octanol–water partition coefficient (Wildman–Crippen LogP) is 4.22. The van der Waals surface area contributed by atoms with Gasteiger partial charge in [-0.1, -0.05) is 53.5 Å². The molecule has 1 aromatic heterocycles. The lowest BCUT2D eigenvalue weighted by Crippen LogP contribution is -2.00. The average molecular weight is 280 g/mol. The summed E-state index contributed by atoms with van der Waals surface area (Å²) < 4.78 is 0. The minimum Gasteiger partial charge on any atom is -0.260 e. The van der Waals surface area contributed by atoms with E-state index < -0.39 is 0 Å². The maximum atomic E-state index is 5.98. The van der Waals surface area contributed by atoms with Crippen LogP contribution < -0.4 is 5.43 Å². The van der Waals surface area contributed by atoms with Gasteiger partial charge >= 0.3 is 0 Å². The van der Waals surface area contributed by atoms with E-state index in [0.717, 1.165) is 11.3 Å². The number of nitrogens with one attached hydrogen (secondary N) is 1. The van der Waals surface area contributed by atoms with Crippen molar-refractivity contribution in [2.75, 3.05) is 5.43 Å². The normalized spacial score (nSPS) is 11.4. The lowest BCUT2D eigenvalue weighted by molar-refractivity contribution is 1.22. The van der Waals surface area contributed by atoms with Gasteiger partial charge in [-0.2, -0.15) is 5.10 Å². The Bertz CT molecular complexity index is 568.